The molecule has 0 saturated heterocycles. The van der Waals surface area contributed by atoms with Gasteiger partial charge in [0, 0.05) is 18.0 Å². The third-order valence-electron chi connectivity index (χ3n) is 4.54. The zero-order chi connectivity index (χ0) is 18.3. The molecule has 0 saturated carbocycles. The van der Waals surface area contributed by atoms with E-state index in [9.17, 15) is 4.79 Å². The summed E-state index contributed by atoms with van der Waals surface area (Å²) in [5, 5.41) is 3.21. The molecule has 2 aromatic heterocycles. The molecule has 4 rings (SSSR count). The fourth-order valence-corrected chi connectivity index (χ4v) is 2.95. The lowest BCUT2D eigenvalue weighted by Crippen LogP contribution is -2.14. The normalized spacial score (nSPS) is 11.0. The van der Waals surface area contributed by atoms with Gasteiger partial charge in [-0.3, -0.25) is 0 Å². The second-order valence-electron chi connectivity index (χ2n) is 6.27. The topological polar surface area (TPSA) is 73.0 Å². The summed E-state index contributed by atoms with van der Waals surface area (Å²) >= 11 is 0. The van der Waals surface area contributed by atoms with Gasteiger partial charge in [-0.05, 0) is 61.7 Å². The first kappa shape index (κ1) is 16.1. The van der Waals surface area contributed by atoms with Crippen LogP contribution in [0.5, 0.6) is 0 Å². The van der Waals surface area contributed by atoms with Crippen LogP contribution in [0.2, 0.25) is 0 Å². The van der Waals surface area contributed by atoms with E-state index in [1.165, 1.54) is 21.3 Å². The van der Waals surface area contributed by atoms with Gasteiger partial charge >= 0.3 is 5.76 Å². The highest BCUT2D eigenvalue weighted by Gasteiger charge is 2.12. The Morgan fingerprint density at radius 2 is 1.77 bits per heavy atom. The fourth-order valence-electron chi connectivity index (χ4n) is 2.95. The highest BCUT2D eigenvalue weighted by molar-refractivity contribution is 5.74. The van der Waals surface area contributed by atoms with Crippen molar-refractivity contribution in [2.24, 2.45) is 0 Å². The maximum atomic E-state index is 12.3. The molecule has 0 atom stereocenters. The summed E-state index contributed by atoms with van der Waals surface area (Å²) in [6.07, 6.45) is 1.62. The molecular formula is C20H18N4O2. The number of para-hydroxylation sites is 2. The van der Waals surface area contributed by atoms with Crippen molar-refractivity contribution in [1.82, 2.24) is 14.5 Å². The van der Waals surface area contributed by atoms with Crippen LogP contribution in [0.15, 0.2) is 57.9 Å². The lowest BCUT2D eigenvalue weighted by Gasteiger charge is -2.11. The van der Waals surface area contributed by atoms with Gasteiger partial charge in [0.05, 0.1) is 5.52 Å². The monoisotopic (exact) mass is 346 g/mol. The van der Waals surface area contributed by atoms with Crippen LogP contribution < -0.4 is 11.1 Å². The molecule has 0 unspecified atom stereocenters. The zero-order valence-corrected chi connectivity index (χ0v) is 14.8. The van der Waals surface area contributed by atoms with Gasteiger partial charge in [0.2, 0.25) is 5.95 Å². The van der Waals surface area contributed by atoms with E-state index >= 15 is 0 Å². The highest BCUT2D eigenvalue weighted by Crippen LogP contribution is 2.22. The maximum Gasteiger partial charge on any atom is 0.425 e. The molecule has 6 nitrogen and oxygen atoms in total. The SMILES string of the molecule is Cc1cc(Nc2nccc(-n3c(=O)oc4ccccc43)n2)cc(C)c1C. The van der Waals surface area contributed by atoms with Crippen molar-refractivity contribution in [3.05, 3.63) is 75.9 Å². The molecule has 1 N–H and O–H groups in total. The number of fused-ring (bicyclic) bond motifs is 1. The summed E-state index contributed by atoms with van der Waals surface area (Å²) in [5.41, 5.74) is 5.76. The molecule has 2 heterocycles. The summed E-state index contributed by atoms with van der Waals surface area (Å²) in [6.45, 7) is 6.24. The van der Waals surface area contributed by atoms with Gasteiger partial charge in [0.25, 0.3) is 0 Å². The summed E-state index contributed by atoms with van der Waals surface area (Å²) in [4.78, 5) is 21.0. The number of rotatable bonds is 3. The molecule has 4 aromatic rings. The molecule has 0 amide bonds. The largest absolute Gasteiger partial charge is 0.425 e. The Balaban J connectivity index is 1.76. The van der Waals surface area contributed by atoms with Crippen molar-refractivity contribution < 1.29 is 4.42 Å². The number of aryl methyl sites for hydroxylation is 2. The number of nitrogens with zero attached hydrogens (tertiary/aromatic N) is 3. The minimum absolute atomic E-state index is 0.419. The Labute approximate surface area is 150 Å². The molecule has 0 fully saturated rings. The molecule has 0 radical (unpaired) electrons. The summed E-state index contributed by atoms with van der Waals surface area (Å²) in [5.74, 6) is 0.401. The Morgan fingerprint density at radius 1 is 1.04 bits per heavy atom. The number of hydrogen-bond acceptors (Lipinski definition) is 5. The Morgan fingerprint density at radius 3 is 2.54 bits per heavy atom. The van der Waals surface area contributed by atoms with Crippen LogP contribution in [-0.4, -0.2) is 14.5 Å². The van der Waals surface area contributed by atoms with Gasteiger partial charge in [0.15, 0.2) is 5.58 Å². The first-order chi connectivity index (χ1) is 12.5. The van der Waals surface area contributed by atoms with Crippen molar-refractivity contribution in [3.8, 4) is 5.82 Å². The molecule has 0 aliphatic carbocycles. The van der Waals surface area contributed by atoms with Crippen molar-refractivity contribution in [1.29, 1.82) is 0 Å². The van der Waals surface area contributed by atoms with Gasteiger partial charge in [0.1, 0.15) is 5.82 Å². The number of hydrogen-bond donors (Lipinski definition) is 1. The van der Waals surface area contributed by atoms with Crippen molar-refractivity contribution >= 4 is 22.7 Å². The molecule has 6 heteroatoms. The van der Waals surface area contributed by atoms with Crippen molar-refractivity contribution in [2.75, 3.05) is 5.32 Å². The number of aromatic nitrogens is 3. The lowest BCUT2D eigenvalue weighted by molar-refractivity contribution is 0.539. The average Bonchev–Trinajstić information content (AvgIpc) is 2.95. The van der Waals surface area contributed by atoms with E-state index in [0.29, 0.717) is 22.9 Å². The van der Waals surface area contributed by atoms with Crippen LogP contribution >= 0.6 is 0 Å². The van der Waals surface area contributed by atoms with Gasteiger partial charge in [-0.1, -0.05) is 12.1 Å². The van der Waals surface area contributed by atoms with Crippen LogP contribution in [0.25, 0.3) is 16.9 Å². The van der Waals surface area contributed by atoms with E-state index in [1.54, 1.807) is 18.3 Å². The second kappa shape index (κ2) is 6.15. The van der Waals surface area contributed by atoms with Crippen LogP contribution in [0.4, 0.5) is 11.6 Å². The maximum absolute atomic E-state index is 12.3. The van der Waals surface area contributed by atoms with Gasteiger partial charge in [-0.25, -0.2) is 14.3 Å². The predicted molar refractivity (Wildman–Crippen MR) is 101 cm³/mol. The Kier molecular flexibility index (Phi) is 3.80. The minimum atomic E-state index is -0.474. The minimum Gasteiger partial charge on any atom is -0.407 e. The van der Waals surface area contributed by atoms with Gasteiger partial charge < -0.3 is 9.73 Å². The van der Waals surface area contributed by atoms with E-state index in [1.807, 2.05) is 18.2 Å². The van der Waals surface area contributed by atoms with Crippen molar-refractivity contribution in [3.63, 3.8) is 0 Å². The standard InChI is InChI=1S/C20H18N4O2/c1-12-10-15(11-13(2)14(12)3)22-19-21-9-8-18(23-19)24-16-6-4-5-7-17(16)26-20(24)25/h4-11H,1-3H3,(H,21,22,23). The van der Waals surface area contributed by atoms with E-state index < -0.39 is 5.76 Å². The first-order valence-corrected chi connectivity index (χ1v) is 8.32. The average molecular weight is 346 g/mol. The first-order valence-electron chi connectivity index (χ1n) is 8.32. The zero-order valence-electron chi connectivity index (χ0n) is 14.8. The third kappa shape index (κ3) is 2.75. The Bertz CT molecular complexity index is 1150. The number of benzene rings is 2. The lowest BCUT2D eigenvalue weighted by atomic mass is 10.0. The van der Waals surface area contributed by atoms with Crippen LogP contribution in [0, 0.1) is 20.8 Å². The van der Waals surface area contributed by atoms with E-state index in [0.717, 1.165) is 5.69 Å². The molecule has 0 aliphatic heterocycles. The summed E-state index contributed by atoms with van der Waals surface area (Å²) in [6, 6.07) is 13.0. The molecule has 0 bridgehead atoms. The van der Waals surface area contributed by atoms with Crippen LogP contribution in [-0.2, 0) is 0 Å². The smallest absolute Gasteiger partial charge is 0.407 e. The molecule has 2 aromatic carbocycles. The predicted octanol–water partition coefficient (Wildman–Crippen LogP) is 4.04. The Hall–Kier alpha value is -3.41. The van der Waals surface area contributed by atoms with Crippen molar-refractivity contribution in [2.45, 2.75) is 20.8 Å². The van der Waals surface area contributed by atoms with E-state index in [4.69, 9.17) is 4.42 Å². The summed E-state index contributed by atoms with van der Waals surface area (Å²) < 4.78 is 6.72. The summed E-state index contributed by atoms with van der Waals surface area (Å²) in [7, 11) is 0. The molecule has 0 aliphatic rings. The van der Waals surface area contributed by atoms with Crippen LogP contribution in [0.1, 0.15) is 16.7 Å². The number of anilines is 2. The number of oxazole rings is 1. The fraction of sp³-hybridized carbons (Fsp3) is 0.150. The number of nitrogens with one attached hydrogen (secondary N) is 1. The van der Waals surface area contributed by atoms with Gasteiger partial charge in [-0.2, -0.15) is 4.98 Å². The molecule has 26 heavy (non-hydrogen) atoms. The quantitative estimate of drug-likeness (QED) is 0.606. The molecule has 0 spiro atoms. The highest BCUT2D eigenvalue weighted by atomic mass is 16.4. The molecule has 130 valence electrons. The van der Waals surface area contributed by atoms with Crippen LogP contribution in [0.3, 0.4) is 0 Å². The van der Waals surface area contributed by atoms with E-state index in [-0.39, 0.29) is 0 Å². The third-order valence-corrected chi connectivity index (χ3v) is 4.54. The molecular weight excluding hydrogens is 328 g/mol. The van der Waals surface area contributed by atoms with E-state index in [2.05, 4.69) is 48.2 Å². The van der Waals surface area contributed by atoms with Gasteiger partial charge in [-0.15, -0.1) is 0 Å². The second-order valence-corrected chi connectivity index (χ2v) is 6.27.